The van der Waals surface area contributed by atoms with Crippen LogP contribution in [0.25, 0.3) is 0 Å². The zero-order valence-corrected chi connectivity index (χ0v) is 8.42. The molecular formula is C11H16FNO. The van der Waals surface area contributed by atoms with Crippen LogP contribution in [0.5, 0.6) is 5.75 Å². The number of hydrogen-bond donors (Lipinski definition) is 1. The lowest BCUT2D eigenvalue weighted by atomic mass is 10.1. The predicted octanol–water partition coefficient (Wildman–Crippen LogP) is 2.12. The van der Waals surface area contributed by atoms with Gasteiger partial charge >= 0.3 is 0 Å². The predicted molar refractivity (Wildman–Crippen MR) is 54.9 cm³/mol. The van der Waals surface area contributed by atoms with E-state index in [0.717, 1.165) is 17.7 Å². The molecule has 0 atom stereocenters. The summed E-state index contributed by atoms with van der Waals surface area (Å²) in [4.78, 5) is 0. The summed E-state index contributed by atoms with van der Waals surface area (Å²) in [5.74, 6) is 0.510. The highest BCUT2D eigenvalue weighted by Gasteiger charge is 2.04. The molecule has 0 unspecified atom stereocenters. The Balaban J connectivity index is 2.78. The molecule has 1 aromatic rings. The van der Waals surface area contributed by atoms with E-state index in [1.807, 2.05) is 6.92 Å². The summed E-state index contributed by atoms with van der Waals surface area (Å²) >= 11 is 0. The first kappa shape index (κ1) is 11.0. The van der Waals surface area contributed by atoms with Crippen LogP contribution in [-0.4, -0.2) is 13.2 Å². The number of halogens is 1. The number of benzene rings is 1. The van der Waals surface area contributed by atoms with Crippen LogP contribution in [0.2, 0.25) is 0 Å². The van der Waals surface area contributed by atoms with Crippen LogP contribution in [0.3, 0.4) is 0 Å². The molecule has 0 radical (unpaired) electrons. The van der Waals surface area contributed by atoms with E-state index in [1.165, 1.54) is 12.1 Å². The van der Waals surface area contributed by atoms with Gasteiger partial charge in [-0.1, -0.05) is 6.92 Å². The van der Waals surface area contributed by atoms with Crippen LogP contribution in [0, 0.1) is 5.82 Å². The molecule has 0 amide bonds. The topological polar surface area (TPSA) is 35.2 Å². The van der Waals surface area contributed by atoms with Gasteiger partial charge in [-0.05, 0) is 43.1 Å². The lowest BCUT2D eigenvalue weighted by Crippen LogP contribution is -2.06. The van der Waals surface area contributed by atoms with Crippen molar-refractivity contribution in [3.63, 3.8) is 0 Å². The van der Waals surface area contributed by atoms with Crippen molar-refractivity contribution < 1.29 is 9.13 Å². The van der Waals surface area contributed by atoms with Crippen molar-refractivity contribution in [3.05, 3.63) is 29.6 Å². The summed E-state index contributed by atoms with van der Waals surface area (Å²) in [6.07, 6.45) is 1.59. The first-order chi connectivity index (χ1) is 6.77. The summed E-state index contributed by atoms with van der Waals surface area (Å²) in [7, 11) is 0. The average molecular weight is 197 g/mol. The summed E-state index contributed by atoms with van der Waals surface area (Å²) in [6.45, 7) is 3.20. The Labute approximate surface area is 83.9 Å². The molecule has 0 saturated heterocycles. The molecule has 0 aliphatic heterocycles. The van der Waals surface area contributed by atoms with Crippen LogP contribution in [-0.2, 0) is 6.42 Å². The first-order valence-electron chi connectivity index (χ1n) is 4.89. The highest BCUT2D eigenvalue weighted by Crippen LogP contribution is 2.20. The Bertz CT molecular complexity index is 289. The van der Waals surface area contributed by atoms with Crippen molar-refractivity contribution in [2.24, 2.45) is 5.73 Å². The minimum Gasteiger partial charge on any atom is -0.493 e. The maximum absolute atomic E-state index is 12.9. The molecule has 0 aliphatic rings. The average Bonchev–Trinajstić information content (AvgIpc) is 2.17. The Morgan fingerprint density at radius 2 is 2.21 bits per heavy atom. The van der Waals surface area contributed by atoms with E-state index >= 15 is 0 Å². The molecule has 0 fully saturated rings. The van der Waals surface area contributed by atoms with Crippen LogP contribution in [0.4, 0.5) is 4.39 Å². The molecule has 1 aromatic carbocycles. The summed E-state index contributed by atoms with van der Waals surface area (Å²) < 4.78 is 18.4. The second kappa shape index (κ2) is 5.60. The number of nitrogens with two attached hydrogens (primary N) is 1. The molecular weight excluding hydrogens is 181 g/mol. The van der Waals surface area contributed by atoms with Crippen LogP contribution >= 0.6 is 0 Å². The number of rotatable bonds is 5. The van der Waals surface area contributed by atoms with E-state index < -0.39 is 0 Å². The van der Waals surface area contributed by atoms with Crippen LogP contribution in [0.1, 0.15) is 18.9 Å². The van der Waals surface area contributed by atoms with Gasteiger partial charge in [0.2, 0.25) is 0 Å². The van der Waals surface area contributed by atoms with Crippen molar-refractivity contribution in [2.75, 3.05) is 13.2 Å². The lowest BCUT2D eigenvalue weighted by Gasteiger charge is -2.09. The molecule has 0 heterocycles. The first-order valence-corrected chi connectivity index (χ1v) is 4.89. The van der Waals surface area contributed by atoms with Crippen molar-refractivity contribution in [3.8, 4) is 5.75 Å². The van der Waals surface area contributed by atoms with Gasteiger partial charge in [-0.3, -0.25) is 0 Å². The van der Waals surface area contributed by atoms with E-state index in [2.05, 4.69) is 0 Å². The van der Waals surface area contributed by atoms with Crippen molar-refractivity contribution in [1.29, 1.82) is 0 Å². The van der Waals surface area contributed by atoms with Gasteiger partial charge in [-0.15, -0.1) is 0 Å². The van der Waals surface area contributed by atoms with Crippen molar-refractivity contribution >= 4 is 0 Å². The van der Waals surface area contributed by atoms with Gasteiger partial charge in [0.15, 0.2) is 0 Å². The minimum atomic E-state index is -0.239. The van der Waals surface area contributed by atoms with E-state index in [9.17, 15) is 4.39 Å². The standard InChI is InChI=1S/C11H16FNO/c1-2-7-14-11-4-3-10(12)8-9(11)5-6-13/h3-4,8H,2,5-7,13H2,1H3. The lowest BCUT2D eigenvalue weighted by molar-refractivity contribution is 0.313. The van der Waals surface area contributed by atoms with Crippen molar-refractivity contribution in [1.82, 2.24) is 0 Å². The van der Waals surface area contributed by atoms with E-state index in [-0.39, 0.29) is 5.82 Å². The van der Waals surface area contributed by atoms with Gasteiger partial charge in [-0.25, -0.2) is 4.39 Å². The molecule has 14 heavy (non-hydrogen) atoms. The third-order valence-electron chi connectivity index (χ3n) is 1.90. The fraction of sp³-hybridized carbons (Fsp3) is 0.455. The Hall–Kier alpha value is -1.09. The largest absolute Gasteiger partial charge is 0.493 e. The van der Waals surface area contributed by atoms with Gasteiger partial charge in [-0.2, -0.15) is 0 Å². The van der Waals surface area contributed by atoms with Gasteiger partial charge in [0, 0.05) is 0 Å². The molecule has 2 nitrogen and oxygen atoms in total. The quantitative estimate of drug-likeness (QED) is 0.784. The summed E-state index contributed by atoms with van der Waals surface area (Å²) in [6, 6.07) is 4.55. The van der Waals surface area contributed by atoms with Gasteiger partial charge in [0.05, 0.1) is 6.61 Å². The molecule has 0 saturated carbocycles. The van der Waals surface area contributed by atoms with Crippen molar-refractivity contribution in [2.45, 2.75) is 19.8 Å². The fourth-order valence-electron chi connectivity index (χ4n) is 1.25. The second-order valence-electron chi connectivity index (χ2n) is 3.14. The van der Waals surface area contributed by atoms with Crippen LogP contribution in [0.15, 0.2) is 18.2 Å². The maximum atomic E-state index is 12.9. The number of hydrogen-bond acceptors (Lipinski definition) is 2. The zero-order valence-electron chi connectivity index (χ0n) is 8.42. The Morgan fingerprint density at radius 1 is 1.43 bits per heavy atom. The van der Waals surface area contributed by atoms with Gasteiger partial charge in [0.25, 0.3) is 0 Å². The molecule has 0 bridgehead atoms. The molecule has 1 rings (SSSR count). The maximum Gasteiger partial charge on any atom is 0.123 e. The molecule has 3 heteroatoms. The smallest absolute Gasteiger partial charge is 0.123 e. The zero-order chi connectivity index (χ0) is 10.4. The fourth-order valence-corrected chi connectivity index (χ4v) is 1.25. The second-order valence-corrected chi connectivity index (χ2v) is 3.14. The molecule has 2 N–H and O–H groups in total. The SMILES string of the molecule is CCCOc1ccc(F)cc1CCN. The Kier molecular flexibility index (Phi) is 4.40. The highest BCUT2D eigenvalue weighted by molar-refractivity contribution is 5.34. The number of ether oxygens (including phenoxy) is 1. The van der Waals surface area contributed by atoms with Gasteiger partial charge in [0.1, 0.15) is 11.6 Å². The summed E-state index contributed by atoms with van der Waals surface area (Å²) in [5.41, 5.74) is 6.28. The van der Waals surface area contributed by atoms with E-state index in [4.69, 9.17) is 10.5 Å². The third kappa shape index (κ3) is 3.00. The van der Waals surface area contributed by atoms with E-state index in [1.54, 1.807) is 6.07 Å². The molecule has 0 spiro atoms. The summed E-state index contributed by atoms with van der Waals surface area (Å²) in [5, 5.41) is 0. The van der Waals surface area contributed by atoms with E-state index in [0.29, 0.717) is 19.6 Å². The third-order valence-corrected chi connectivity index (χ3v) is 1.90. The minimum absolute atomic E-state index is 0.239. The van der Waals surface area contributed by atoms with Gasteiger partial charge < -0.3 is 10.5 Å². The highest BCUT2D eigenvalue weighted by atomic mass is 19.1. The Morgan fingerprint density at radius 3 is 2.86 bits per heavy atom. The molecule has 0 aromatic heterocycles. The van der Waals surface area contributed by atoms with Crippen LogP contribution < -0.4 is 10.5 Å². The monoisotopic (exact) mass is 197 g/mol. The molecule has 78 valence electrons. The molecule has 0 aliphatic carbocycles. The normalized spacial score (nSPS) is 10.2.